The summed E-state index contributed by atoms with van der Waals surface area (Å²) in [6.45, 7) is 1.71. The van der Waals surface area contributed by atoms with E-state index in [1.54, 1.807) is 31.4 Å². The second-order valence-corrected chi connectivity index (χ2v) is 6.09. The lowest BCUT2D eigenvalue weighted by Crippen LogP contribution is -2.20. The molecule has 144 valence electrons. The Morgan fingerprint density at radius 1 is 1.07 bits per heavy atom. The Kier molecular flexibility index (Phi) is 5.74. The van der Waals surface area contributed by atoms with E-state index in [1.165, 1.54) is 13.2 Å². The number of benzene rings is 2. The number of pyridine rings is 1. The number of nitrogens with zero attached hydrogens (tertiary/aromatic N) is 1. The van der Waals surface area contributed by atoms with Crippen molar-refractivity contribution in [3.05, 3.63) is 59.8 Å². The number of aromatic nitrogens is 1. The fourth-order valence-corrected chi connectivity index (χ4v) is 2.69. The molecule has 0 fully saturated rings. The number of nitrogens with one attached hydrogen (secondary N) is 1. The number of fused-ring (bicyclic) bond motifs is 1. The van der Waals surface area contributed by atoms with Crippen LogP contribution in [0.1, 0.15) is 16.1 Å². The third-order valence-electron chi connectivity index (χ3n) is 4.03. The minimum absolute atomic E-state index is 0.0919. The van der Waals surface area contributed by atoms with Gasteiger partial charge in [-0.25, -0.2) is 9.78 Å². The maximum absolute atomic E-state index is 12.3. The van der Waals surface area contributed by atoms with Gasteiger partial charge in [-0.1, -0.05) is 12.1 Å². The fraction of sp³-hybridized carbons (Fsp3) is 0.190. The van der Waals surface area contributed by atoms with Crippen molar-refractivity contribution in [1.29, 1.82) is 0 Å². The number of anilines is 1. The molecule has 0 aliphatic carbocycles. The summed E-state index contributed by atoms with van der Waals surface area (Å²) in [5.74, 6) is 0.0303. The van der Waals surface area contributed by atoms with E-state index >= 15 is 0 Å². The Labute approximate surface area is 162 Å². The molecule has 7 heteroatoms. The molecule has 0 aliphatic heterocycles. The molecule has 28 heavy (non-hydrogen) atoms. The van der Waals surface area contributed by atoms with Gasteiger partial charge in [-0.05, 0) is 42.8 Å². The van der Waals surface area contributed by atoms with Crippen molar-refractivity contribution in [2.75, 3.05) is 26.1 Å². The number of amides is 1. The minimum Gasteiger partial charge on any atom is -0.497 e. The second-order valence-electron chi connectivity index (χ2n) is 6.09. The van der Waals surface area contributed by atoms with E-state index in [0.717, 1.165) is 5.56 Å². The number of hydrogen-bond donors (Lipinski definition) is 1. The van der Waals surface area contributed by atoms with Crippen LogP contribution in [0.25, 0.3) is 10.9 Å². The summed E-state index contributed by atoms with van der Waals surface area (Å²) < 4.78 is 15.7. The predicted molar refractivity (Wildman–Crippen MR) is 105 cm³/mol. The normalized spacial score (nSPS) is 10.4. The predicted octanol–water partition coefficient (Wildman–Crippen LogP) is 3.36. The quantitative estimate of drug-likeness (QED) is 0.660. The molecule has 1 aromatic heterocycles. The monoisotopic (exact) mass is 380 g/mol. The zero-order valence-corrected chi connectivity index (χ0v) is 15.8. The maximum atomic E-state index is 12.3. The second kappa shape index (κ2) is 8.39. The third-order valence-corrected chi connectivity index (χ3v) is 4.03. The Morgan fingerprint density at radius 3 is 2.61 bits per heavy atom. The molecule has 3 aromatic rings. The molecule has 1 heterocycles. The molecule has 0 aliphatic rings. The molecule has 1 N–H and O–H groups in total. The molecule has 0 spiro atoms. The standard InChI is InChI=1S/C21H20N2O5/c1-13-5-4-6-14(9-13)22-20(24)12-28-19-11-18(21(25)27-3)23-17-8-7-15(26-2)10-16(17)19/h4-11H,12H2,1-3H3,(H,22,24). The van der Waals surface area contributed by atoms with Gasteiger partial charge < -0.3 is 19.5 Å². The number of aryl methyl sites for hydroxylation is 1. The van der Waals surface area contributed by atoms with Crippen molar-refractivity contribution < 1.29 is 23.8 Å². The number of carbonyl (C=O) groups is 2. The largest absolute Gasteiger partial charge is 0.497 e. The average Bonchev–Trinajstić information content (AvgIpc) is 2.70. The Bertz CT molecular complexity index is 1030. The van der Waals surface area contributed by atoms with Gasteiger partial charge in [-0.2, -0.15) is 0 Å². The molecular formula is C21H20N2O5. The van der Waals surface area contributed by atoms with Crippen LogP contribution in [0, 0.1) is 6.92 Å². The van der Waals surface area contributed by atoms with Gasteiger partial charge in [-0.15, -0.1) is 0 Å². The van der Waals surface area contributed by atoms with Crippen LogP contribution in [0.2, 0.25) is 0 Å². The van der Waals surface area contributed by atoms with Crippen molar-refractivity contribution in [2.45, 2.75) is 6.92 Å². The first-order chi connectivity index (χ1) is 13.5. The molecule has 7 nitrogen and oxygen atoms in total. The average molecular weight is 380 g/mol. The van der Waals surface area contributed by atoms with Crippen molar-refractivity contribution in [3.8, 4) is 11.5 Å². The van der Waals surface area contributed by atoms with E-state index in [2.05, 4.69) is 10.3 Å². The number of methoxy groups -OCH3 is 2. The van der Waals surface area contributed by atoms with E-state index in [9.17, 15) is 9.59 Å². The van der Waals surface area contributed by atoms with Gasteiger partial charge in [0.1, 0.15) is 11.5 Å². The number of hydrogen-bond acceptors (Lipinski definition) is 6. The van der Waals surface area contributed by atoms with Crippen LogP contribution in [-0.4, -0.2) is 37.7 Å². The summed E-state index contributed by atoms with van der Waals surface area (Å²) in [5, 5.41) is 3.40. The Morgan fingerprint density at radius 2 is 1.89 bits per heavy atom. The number of esters is 1. The third kappa shape index (κ3) is 4.37. The molecule has 1 amide bonds. The van der Waals surface area contributed by atoms with E-state index in [-0.39, 0.29) is 18.2 Å². The number of carbonyl (C=O) groups excluding carboxylic acids is 2. The lowest BCUT2D eigenvalue weighted by Gasteiger charge is -2.12. The number of ether oxygens (including phenoxy) is 3. The highest BCUT2D eigenvalue weighted by Crippen LogP contribution is 2.29. The van der Waals surface area contributed by atoms with Crippen LogP contribution in [0.4, 0.5) is 5.69 Å². The van der Waals surface area contributed by atoms with E-state index in [4.69, 9.17) is 14.2 Å². The lowest BCUT2D eigenvalue weighted by atomic mass is 10.1. The molecule has 0 saturated carbocycles. The van der Waals surface area contributed by atoms with Gasteiger partial charge in [0.05, 0.1) is 19.7 Å². The summed E-state index contributed by atoms with van der Waals surface area (Å²) in [6, 6.07) is 14.1. The van der Waals surface area contributed by atoms with Crippen molar-refractivity contribution in [2.24, 2.45) is 0 Å². The van der Waals surface area contributed by atoms with E-state index in [0.29, 0.717) is 28.1 Å². The number of rotatable bonds is 6. The Hall–Kier alpha value is -3.61. The summed E-state index contributed by atoms with van der Waals surface area (Å²) >= 11 is 0. The van der Waals surface area contributed by atoms with Gasteiger partial charge in [0.25, 0.3) is 5.91 Å². The first kappa shape index (κ1) is 19.2. The summed E-state index contributed by atoms with van der Waals surface area (Å²) in [6.07, 6.45) is 0. The maximum Gasteiger partial charge on any atom is 0.356 e. The molecular weight excluding hydrogens is 360 g/mol. The summed E-state index contributed by atoms with van der Waals surface area (Å²) in [5.41, 5.74) is 2.34. The van der Waals surface area contributed by atoms with Crippen molar-refractivity contribution >= 4 is 28.5 Å². The SMILES string of the molecule is COC(=O)c1cc(OCC(=O)Nc2cccc(C)c2)c2cc(OC)ccc2n1. The van der Waals surface area contributed by atoms with Gasteiger partial charge >= 0.3 is 5.97 Å². The van der Waals surface area contributed by atoms with Crippen LogP contribution < -0.4 is 14.8 Å². The summed E-state index contributed by atoms with van der Waals surface area (Å²) in [4.78, 5) is 28.4. The zero-order valence-electron chi connectivity index (χ0n) is 15.8. The molecule has 2 aromatic carbocycles. The molecule has 0 saturated heterocycles. The molecule has 0 bridgehead atoms. The fourth-order valence-electron chi connectivity index (χ4n) is 2.69. The highest BCUT2D eigenvalue weighted by Gasteiger charge is 2.15. The van der Waals surface area contributed by atoms with Crippen LogP contribution in [0.15, 0.2) is 48.5 Å². The molecule has 3 rings (SSSR count). The topological polar surface area (TPSA) is 86.8 Å². The van der Waals surface area contributed by atoms with Crippen molar-refractivity contribution in [3.63, 3.8) is 0 Å². The van der Waals surface area contributed by atoms with Crippen LogP contribution in [0.3, 0.4) is 0 Å². The van der Waals surface area contributed by atoms with Crippen molar-refractivity contribution in [1.82, 2.24) is 4.98 Å². The molecule has 0 radical (unpaired) electrons. The zero-order chi connectivity index (χ0) is 20.1. The molecule has 0 unspecified atom stereocenters. The van der Waals surface area contributed by atoms with Gasteiger partial charge in [0.15, 0.2) is 12.3 Å². The highest BCUT2D eigenvalue weighted by atomic mass is 16.5. The lowest BCUT2D eigenvalue weighted by molar-refractivity contribution is -0.118. The van der Waals surface area contributed by atoms with Crippen LogP contribution in [-0.2, 0) is 9.53 Å². The van der Waals surface area contributed by atoms with Gasteiger partial charge in [0.2, 0.25) is 0 Å². The van der Waals surface area contributed by atoms with Crippen LogP contribution >= 0.6 is 0 Å². The van der Waals surface area contributed by atoms with E-state index < -0.39 is 5.97 Å². The van der Waals surface area contributed by atoms with E-state index in [1.807, 2.05) is 25.1 Å². The van der Waals surface area contributed by atoms with Gasteiger partial charge in [-0.3, -0.25) is 4.79 Å². The smallest absolute Gasteiger partial charge is 0.356 e. The molecule has 0 atom stereocenters. The van der Waals surface area contributed by atoms with Crippen LogP contribution in [0.5, 0.6) is 11.5 Å². The Balaban J connectivity index is 1.85. The van der Waals surface area contributed by atoms with Gasteiger partial charge in [0, 0.05) is 17.1 Å². The first-order valence-corrected chi connectivity index (χ1v) is 8.56. The highest BCUT2D eigenvalue weighted by molar-refractivity contribution is 5.95. The first-order valence-electron chi connectivity index (χ1n) is 8.56. The summed E-state index contributed by atoms with van der Waals surface area (Å²) in [7, 11) is 2.82. The minimum atomic E-state index is -0.591.